The first-order valence-electron chi connectivity index (χ1n) is 11.5. The van der Waals surface area contributed by atoms with Crippen LogP contribution < -0.4 is 10.1 Å². The summed E-state index contributed by atoms with van der Waals surface area (Å²) in [6.45, 7) is 7.87. The average Bonchev–Trinajstić information content (AvgIpc) is 3.41. The van der Waals surface area contributed by atoms with E-state index in [-0.39, 0.29) is 5.91 Å². The molecule has 0 bridgehead atoms. The lowest BCUT2D eigenvalue weighted by molar-refractivity contribution is 0.102. The highest BCUT2D eigenvalue weighted by atomic mass is 16.5. The number of para-hydroxylation sites is 1. The molecule has 3 heterocycles. The van der Waals surface area contributed by atoms with E-state index in [9.17, 15) is 4.79 Å². The third-order valence-corrected chi connectivity index (χ3v) is 6.09. The van der Waals surface area contributed by atoms with Crippen LogP contribution >= 0.6 is 0 Å². The minimum atomic E-state index is -0.232. The predicted octanol–water partition coefficient (Wildman–Crippen LogP) is 5.13. The van der Waals surface area contributed by atoms with Gasteiger partial charge in [0.15, 0.2) is 5.82 Å². The van der Waals surface area contributed by atoms with Crippen LogP contribution in [0.25, 0.3) is 11.5 Å². The number of aromatic nitrogens is 6. The first kappa shape index (κ1) is 23.0. The second kappa shape index (κ2) is 9.46. The van der Waals surface area contributed by atoms with Crippen molar-refractivity contribution in [3.63, 3.8) is 0 Å². The molecule has 3 aromatic heterocycles. The van der Waals surface area contributed by atoms with Gasteiger partial charge >= 0.3 is 0 Å². The number of amides is 1. The molecule has 2 aromatic carbocycles. The zero-order valence-corrected chi connectivity index (χ0v) is 20.4. The van der Waals surface area contributed by atoms with Crippen LogP contribution in [0.1, 0.15) is 33.0 Å². The lowest BCUT2D eigenvalue weighted by atomic mass is 10.2. The van der Waals surface area contributed by atoms with E-state index in [1.165, 1.54) is 0 Å². The van der Waals surface area contributed by atoms with Crippen LogP contribution in [-0.2, 0) is 0 Å². The van der Waals surface area contributed by atoms with Gasteiger partial charge in [0.25, 0.3) is 5.91 Å². The van der Waals surface area contributed by atoms with E-state index in [1.807, 2.05) is 64.1 Å². The quantitative estimate of drug-likeness (QED) is 0.363. The first-order valence-corrected chi connectivity index (χ1v) is 11.5. The van der Waals surface area contributed by atoms with Gasteiger partial charge in [0.1, 0.15) is 5.75 Å². The van der Waals surface area contributed by atoms with Gasteiger partial charge < -0.3 is 10.1 Å². The molecule has 1 amide bonds. The number of carbonyl (C=O) groups is 1. The zero-order chi connectivity index (χ0) is 25.2. The van der Waals surface area contributed by atoms with E-state index >= 15 is 0 Å². The Morgan fingerprint density at radius 1 is 0.833 bits per heavy atom. The van der Waals surface area contributed by atoms with E-state index in [0.29, 0.717) is 28.7 Å². The van der Waals surface area contributed by atoms with Crippen LogP contribution in [0, 0.1) is 27.7 Å². The molecule has 1 N–H and O–H groups in total. The number of nitrogens with zero attached hydrogens (tertiary/aromatic N) is 6. The molecule has 0 saturated heterocycles. The Bertz CT molecular complexity index is 1520. The Kier molecular flexibility index (Phi) is 6.03. The second-order valence-electron chi connectivity index (χ2n) is 8.41. The maximum absolute atomic E-state index is 12.8. The predicted molar refractivity (Wildman–Crippen MR) is 136 cm³/mol. The summed E-state index contributed by atoms with van der Waals surface area (Å²) < 4.78 is 9.33. The SMILES string of the molecule is Cc1nn(-c2ccc(Oc3ccc(NC(=O)c4cnn(-c5ccccc5)c4C)cc3)nn2)c(C)c1C. The molecule has 0 fully saturated rings. The number of nitrogens with one attached hydrogen (secondary N) is 1. The number of carbonyl (C=O) groups excluding carboxylic acids is 1. The van der Waals surface area contributed by atoms with Gasteiger partial charge in [-0.1, -0.05) is 18.2 Å². The molecular weight excluding hydrogens is 454 g/mol. The minimum Gasteiger partial charge on any atom is -0.438 e. The Morgan fingerprint density at radius 3 is 2.22 bits per heavy atom. The van der Waals surface area contributed by atoms with Crippen LogP contribution in [0.5, 0.6) is 11.6 Å². The van der Waals surface area contributed by atoms with Crippen LogP contribution in [0.3, 0.4) is 0 Å². The van der Waals surface area contributed by atoms with E-state index < -0.39 is 0 Å². The van der Waals surface area contributed by atoms with Gasteiger partial charge in [-0.3, -0.25) is 4.79 Å². The Labute approximate surface area is 208 Å². The highest BCUT2D eigenvalue weighted by Gasteiger charge is 2.16. The molecule has 5 aromatic rings. The average molecular weight is 480 g/mol. The van der Waals surface area contributed by atoms with Crippen molar-refractivity contribution in [2.75, 3.05) is 5.32 Å². The lowest BCUT2D eigenvalue weighted by Gasteiger charge is -2.08. The maximum atomic E-state index is 12.8. The summed E-state index contributed by atoms with van der Waals surface area (Å²) in [6.07, 6.45) is 1.57. The van der Waals surface area contributed by atoms with Crippen molar-refractivity contribution >= 4 is 11.6 Å². The van der Waals surface area contributed by atoms with Gasteiger partial charge in [0, 0.05) is 17.4 Å². The summed E-state index contributed by atoms with van der Waals surface area (Å²) in [5.41, 5.74) is 5.92. The van der Waals surface area contributed by atoms with Gasteiger partial charge in [0.2, 0.25) is 5.88 Å². The Morgan fingerprint density at radius 2 is 1.58 bits per heavy atom. The largest absolute Gasteiger partial charge is 0.438 e. The molecule has 0 atom stereocenters. The fraction of sp³-hybridized carbons (Fsp3) is 0.148. The van der Waals surface area contributed by atoms with Crippen LogP contribution in [0.4, 0.5) is 5.69 Å². The molecule has 0 saturated carbocycles. The second-order valence-corrected chi connectivity index (χ2v) is 8.41. The molecule has 0 aliphatic heterocycles. The molecular formula is C27H25N7O2. The van der Waals surface area contributed by atoms with Crippen molar-refractivity contribution < 1.29 is 9.53 Å². The normalized spacial score (nSPS) is 10.9. The van der Waals surface area contributed by atoms with E-state index in [4.69, 9.17) is 4.74 Å². The number of aryl methyl sites for hydroxylation is 1. The molecule has 36 heavy (non-hydrogen) atoms. The Hall–Kier alpha value is -4.79. The van der Waals surface area contributed by atoms with Crippen molar-refractivity contribution in [3.05, 3.63) is 101 Å². The number of ether oxygens (including phenoxy) is 1. The summed E-state index contributed by atoms with van der Waals surface area (Å²) in [7, 11) is 0. The molecule has 9 nitrogen and oxygen atoms in total. The monoisotopic (exact) mass is 479 g/mol. The minimum absolute atomic E-state index is 0.232. The first-order chi connectivity index (χ1) is 17.4. The summed E-state index contributed by atoms with van der Waals surface area (Å²) in [5.74, 6) is 1.33. The fourth-order valence-corrected chi connectivity index (χ4v) is 3.81. The third kappa shape index (κ3) is 4.46. The smallest absolute Gasteiger partial charge is 0.259 e. The maximum Gasteiger partial charge on any atom is 0.259 e. The molecule has 5 rings (SSSR count). The zero-order valence-electron chi connectivity index (χ0n) is 20.4. The summed E-state index contributed by atoms with van der Waals surface area (Å²) in [6, 6.07) is 20.3. The number of hydrogen-bond acceptors (Lipinski definition) is 6. The van der Waals surface area contributed by atoms with Crippen molar-refractivity contribution in [1.82, 2.24) is 29.8 Å². The fourth-order valence-electron chi connectivity index (χ4n) is 3.81. The van der Waals surface area contributed by atoms with E-state index in [2.05, 4.69) is 25.7 Å². The summed E-state index contributed by atoms with van der Waals surface area (Å²) >= 11 is 0. The van der Waals surface area contributed by atoms with E-state index in [0.717, 1.165) is 28.3 Å². The molecule has 0 unspecified atom stereocenters. The van der Waals surface area contributed by atoms with Crippen LogP contribution in [-0.4, -0.2) is 35.7 Å². The Balaban J connectivity index is 1.24. The molecule has 9 heteroatoms. The lowest BCUT2D eigenvalue weighted by Crippen LogP contribution is -2.13. The summed E-state index contributed by atoms with van der Waals surface area (Å²) in [5, 5.41) is 20.2. The van der Waals surface area contributed by atoms with Crippen LogP contribution in [0.2, 0.25) is 0 Å². The number of rotatable bonds is 6. The molecule has 0 aliphatic rings. The topological polar surface area (TPSA) is 99.8 Å². The molecule has 0 aliphatic carbocycles. The number of anilines is 1. The van der Waals surface area contributed by atoms with Crippen LogP contribution in [0.15, 0.2) is 72.9 Å². The van der Waals surface area contributed by atoms with Crippen molar-refractivity contribution in [3.8, 4) is 23.1 Å². The van der Waals surface area contributed by atoms with Crippen molar-refractivity contribution in [1.29, 1.82) is 0 Å². The standard InChI is InChI=1S/C27H25N7O2/c1-17-18(2)32-34(19(17)3)25-14-15-26(31-30-25)36-23-12-10-21(11-13-23)29-27(35)24-16-28-33(20(24)4)22-8-6-5-7-9-22/h5-16H,1-4H3,(H,29,35). The molecule has 0 spiro atoms. The number of benzene rings is 2. The van der Waals surface area contributed by atoms with Gasteiger partial charge in [-0.05, 0) is 75.7 Å². The van der Waals surface area contributed by atoms with Gasteiger partial charge in [-0.25, -0.2) is 9.36 Å². The van der Waals surface area contributed by atoms with Gasteiger partial charge in [0.05, 0.1) is 28.8 Å². The molecule has 0 radical (unpaired) electrons. The molecule has 180 valence electrons. The number of hydrogen-bond donors (Lipinski definition) is 1. The van der Waals surface area contributed by atoms with Gasteiger partial charge in [-0.15, -0.1) is 10.2 Å². The highest BCUT2D eigenvalue weighted by Crippen LogP contribution is 2.23. The summed E-state index contributed by atoms with van der Waals surface area (Å²) in [4.78, 5) is 12.8. The third-order valence-electron chi connectivity index (χ3n) is 6.09. The van der Waals surface area contributed by atoms with Gasteiger partial charge in [-0.2, -0.15) is 10.2 Å². The van der Waals surface area contributed by atoms with E-state index in [1.54, 1.807) is 45.9 Å². The van der Waals surface area contributed by atoms with Crippen molar-refractivity contribution in [2.24, 2.45) is 0 Å². The highest BCUT2D eigenvalue weighted by molar-refractivity contribution is 6.05. The van der Waals surface area contributed by atoms with Crippen molar-refractivity contribution in [2.45, 2.75) is 27.7 Å².